The normalized spacial score (nSPS) is 14.7. The number of hydrazone groups is 1. The fourth-order valence-electron chi connectivity index (χ4n) is 2.51. The Morgan fingerprint density at radius 1 is 1.20 bits per heavy atom. The van der Waals surface area contributed by atoms with Crippen molar-refractivity contribution in [2.24, 2.45) is 5.10 Å². The van der Waals surface area contributed by atoms with Crippen LogP contribution < -0.4 is 15.4 Å². The summed E-state index contributed by atoms with van der Waals surface area (Å²) in [6.45, 7) is 3.28. The fourth-order valence-corrected chi connectivity index (χ4v) is 2.67. The fraction of sp³-hybridized carbons (Fsp3) is 0.222. The van der Waals surface area contributed by atoms with E-state index in [2.05, 4.69) is 15.4 Å². The Kier molecular flexibility index (Phi) is 5.53. The van der Waals surface area contributed by atoms with Gasteiger partial charge in [0.25, 0.3) is 0 Å². The number of morpholine rings is 1. The van der Waals surface area contributed by atoms with Crippen LogP contribution in [0.2, 0.25) is 5.02 Å². The second-order valence-corrected chi connectivity index (χ2v) is 5.95. The van der Waals surface area contributed by atoms with Crippen LogP contribution in [0, 0.1) is 0 Å². The first kappa shape index (κ1) is 17.3. The van der Waals surface area contributed by atoms with E-state index in [0.29, 0.717) is 10.7 Å². The molecule has 0 aromatic heterocycles. The van der Waals surface area contributed by atoms with E-state index in [9.17, 15) is 9.90 Å². The van der Waals surface area contributed by atoms with Crippen LogP contribution in [0.4, 0.5) is 11.4 Å². The number of carboxylic acids is 1. The molecule has 25 heavy (non-hydrogen) atoms. The van der Waals surface area contributed by atoms with Crippen molar-refractivity contribution in [1.29, 1.82) is 0 Å². The van der Waals surface area contributed by atoms with Gasteiger partial charge in [-0.1, -0.05) is 29.8 Å². The van der Waals surface area contributed by atoms with Crippen molar-refractivity contribution in [1.82, 2.24) is 0 Å². The summed E-state index contributed by atoms with van der Waals surface area (Å²) in [7, 11) is 0. The summed E-state index contributed by atoms with van der Waals surface area (Å²) in [6, 6.07) is 12.3. The number of halogens is 1. The van der Waals surface area contributed by atoms with Crippen LogP contribution in [0.3, 0.4) is 0 Å². The third kappa shape index (κ3) is 4.49. The van der Waals surface area contributed by atoms with Gasteiger partial charge in [-0.05, 0) is 35.4 Å². The molecule has 6 nitrogen and oxygen atoms in total. The van der Waals surface area contributed by atoms with Crippen molar-refractivity contribution in [3.8, 4) is 0 Å². The Labute approximate surface area is 150 Å². The summed E-state index contributed by atoms with van der Waals surface area (Å²) >= 11 is 6.02. The number of aromatic carboxylic acids is 1. The molecule has 0 bridgehead atoms. The molecule has 0 spiro atoms. The first-order chi connectivity index (χ1) is 12.1. The van der Waals surface area contributed by atoms with Crippen LogP contribution in [0.5, 0.6) is 0 Å². The van der Waals surface area contributed by atoms with E-state index in [1.807, 2.05) is 24.3 Å². The molecule has 2 aromatic carbocycles. The molecule has 0 radical (unpaired) electrons. The predicted molar refractivity (Wildman–Crippen MR) is 96.5 cm³/mol. The molecule has 1 N–H and O–H groups in total. The highest BCUT2D eigenvalue weighted by atomic mass is 35.5. The number of nitrogens with one attached hydrogen (secondary N) is 1. The summed E-state index contributed by atoms with van der Waals surface area (Å²) in [5.74, 6) is -1.26. The number of hydrogen-bond donors (Lipinski definition) is 1. The molecule has 1 saturated heterocycles. The van der Waals surface area contributed by atoms with Gasteiger partial charge in [-0.15, -0.1) is 0 Å². The molecule has 0 saturated carbocycles. The van der Waals surface area contributed by atoms with E-state index in [1.54, 1.807) is 6.21 Å². The summed E-state index contributed by atoms with van der Waals surface area (Å²) in [4.78, 5) is 13.2. The van der Waals surface area contributed by atoms with E-state index in [-0.39, 0.29) is 5.56 Å². The molecule has 0 amide bonds. The second kappa shape index (κ2) is 8.00. The van der Waals surface area contributed by atoms with Gasteiger partial charge in [-0.2, -0.15) is 5.10 Å². The van der Waals surface area contributed by atoms with E-state index in [4.69, 9.17) is 16.3 Å². The highest BCUT2D eigenvalue weighted by molar-refractivity contribution is 6.33. The summed E-state index contributed by atoms with van der Waals surface area (Å²) in [6.07, 6.45) is 1.64. The first-order valence-corrected chi connectivity index (χ1v) is 8.24. The van der Waals surface area contributed by atoms with Gasteiger partial charge in [0.05, 0.1) is 36.1 Å². The average Bonchev–Trinajstić information content (AvgIpc) is 2.64. The monoisotopic (exact) mass is 358 g/mol. The van der Waals surface area contributed by atoms with Gasteiger partial charge in [-0.3, -0.25) is 5.43 Å². The standard InChI is InChI=1S/C18H18ClN3O3/c19-16-6-3-14(18(23)24)11-17(16)21-20-12-13-1-4-15(5-2-13)22-7-9-25-10-8-22/h1-6,11-12,21H,7-10H2,(H,23,24)/p-1/b20-12-. The lowest BCUT2D eigenvalue weighted by Crippen LogP contribution is -2.36. The van der Waals surface area contributed by atoms with Crippen LogP contribution in [0.1, 0.15) is 15.9 Å². The van der Waals surface area contributed by atoms with Gasteiger partial charge in [0, 0.05) is 18.8 Å². The Morgan fingerprint density at radius 3 is 2.60 bits per heavy atom. The van der Waals surface area contributed by atoms with E-state index < -0.39 is 5.97 Å². The third-order valence-corrected chi connectivity index (χ3v) is 4.20. The van der Waals surface area contributed by atoms with Crippen molar-refractivity contribution in [3.63, 3.8) is 0 Å². The molecule has 0 aliphatic carbocycles. The van der Waals surface area contributed by atoms with Crippen molar-refractivity contribution < 1.29 is 14.6 Å². The first-order valence-electron chi connectivity index (χ1n) is 7.86. The second-order valence-electron chi connectivity index (χ2n) is 5.54. The number of benzene rings is 2. The van der Waals surface area contributed by atoms with Crippen LogP contribution >= 0.6 is 11.6 Å². The molecule has 2 aromatic rings. The SMILES string of the molecule is O=C([O-])c1ccc(Cl)c(N/N=C\c2ccc(N3CCOCC3)cc2)c1. The largest absolute Gasteiger partial charge is 0.545 e. The zero-order valence-electron chi connectivity index (χ0n) is 13.4. The summed E-state index contributed by atoms with van der Waals surface area (Å²) < 4.78 is 5.35. The Bertz CT molecular complexity index is 772. The predicted octanol–water partition coefficient (Wildman–Crippen LogP) is 1.99. The topological polar surface area (TPSA) is 77.0 Å². The number of hydrogen-bond acceptors (Lipinski definition) is 6. The molecular formula is C18H17ClN3O3-. The zero-order chi connectivity index (χ0) is 17.6. The lowest BCUT2D eigenvalue weighted by Gasteiger charge is -2.28. The number of carbonyl (C=O) groups excluding carboxylic acids is 1. The molecule has 0 atom stereocenters. The van der Waals surface area contributed by atoms with Crippen molar-refractivity contribution in [2.45, 2.75) is 0 Å². The minimum atomic E-state index is -1.26. The van der Waals surface area contributed by atoms with Gasteiger partial charge in [0.1, 0.15) is 0 Å². The molecule has 3 rings (SSSR count). The lowest BCUT2D eigenvalue weighted by atomic mass is 10.2. The van der Waals surface area contributed by atoms with Gasteiger partial charge in [-0.25, -0.2) is 0 Å². The van der Waals surface area contributed by atoms with Crippen LogP contribution in [0.25, 0.3) is 0 Å². The number of rotatable bonds is 5. The molecule has 7 heteroatoms. The summed E-state index contributed by atoms with van der Waals surface area (Å²) in [5.41, 5.74) is 5.26. The van der Waals surface area contributed by atoms with Crippen molar-refractivity contribution >= 4 is 35.2 Å². The van der Waals surface area contributed by atoms with Gasteiger partial charge >= 0.3 is 0 Å². The maximum Gasteiger partial charge on any atom is 0.0754 e. The zero-order valence-corrected chi connectivity index (χ0v) is 14.2. The van der Waals surface area contributed by atoms with Crippen LogP contribution in [-0.4, -0.2) is 38.5 Å². The maximum atomic E-state index is 10.9. The number of carbonyl (C=O) groups is 1. The Hall–Kier alpha value is -2.57. The van der Waals surface area contributed by atoms with E-state index >= 15 is 0 Å². The molecule has 130 valence electrons. The van der Waals surface area contributed by atoms with Crippen LogP contribution in [-0.2, 0) is 4.74 Å². The number of ether oxygens (including phenoxy) is 1. The molecule has 1 aliphatic heterocycles. The van der Waals surface area contributed by atoms with Crippen molar-refractivity contribution in [2.75, 3.05) is 36.6 Å². The molecule has 0 unspecified atom stereocenters. The minimum Gasteiger partial charge on any atom is -0.545 e. The number of anilines is 2. The average molecular weight is 359 g/mol. The molecule has 1 fully saturated rings. The molecule has 1 heterocycles. The number of carboxylic acid groups (broad SMARTS) is 1. The summed E-state index contributed by atoms with van der Waals surface area (Å²) in [5, 5.41) is 15.4. The quantitative estimate of drug-likeness (QED) is 0.653. The maximum absolute atomic E-state index is 10.9. The van der Waals surface area contributed by atoms with Gasteiger partial charge < -0.3 is 19.5 Å². The molecular weight excluding hydrogens is 342 g/mol. The van der Waals surface area contributed by atoms with Crippen molar-refractivity contribution in [3.05, 3.63) is 58.6 Å². The highest BCUT2D eigenvalue weighted by Crippen LogP contribution is 2.23. The van der Waals surface area contributed by atoms with Gasteiger partial charge in [0.2, 0.25) is 0 Å². The van der Waals surface area contributed by atoms with E-state index in [1.165, 1.54) is 18.2 Å². The number of nitrogens with zero attached hydrogens (tertiary/aromatic N) is 2. The minimum absolute atomic E-state index is 0.0389. The Balaban J connectivity index is 1.64. The van der Waals surface area contributed by atoms with Gasteiger partial charge in [0.15, 0.2) is 0 Å². The van der Waals surface area contributed by atoms with Crippen LogP contribution in [0.15, 0.2) is 47.6 Å². The van der Waals surface area contributed by atoms with E-state index in [0.717, 1.165) is 37.6 Å². The third-order valence-electron chi connectivity index (χ3n) is 3.87. The lowest BCUT2D eigenvalue weighted by molar-refractivity contribution is -0.255. The Morgan fingerprint density at radius 2 is 1.92 bits per heavy atom. The highest BCUT2D eigenvalue weighted by Gasteiger charge is 2.10. The molecule has 1 aliphatic rings. The smallest absolute Gasteiger partial charge is 0.0754 e.